The maximum absolute atomic E-state index is 13.5. The minimum absolute atomic E-state index is 0. The standard InChI is InChI=1S/C26H21Cl2N3O6S.Na/c1-3-14-12-21(22(13-19(14)28)38(34,35)36)30-31-23-16-8-5-4-7-15(16)11-17(24(23)32)26(33)29-20-10-6-9-18(27)25(20)37-2;/h4-13,32H,3H2,1-2H3,(H,29,33)(H,34,35,36);/q;+1/p-1. The number of fused-ring (bicyclic) bond motifs is 1. The molecule has 0 atom stereocenters. The van der Waals surface area contributed by atoms with Crippen LogP contribution in [0.25, 0.3) is 10.8 Å². The van der Waals surface area contributed by atoms with Gasteiger partial charge in [0.2, 0.25) is 0 Å². The molecule has 0 aliphatic carbocycles. The molecular formula is C26H20Cl2N3NaO6S. The molecule has 196 valence electrons. The van der Waals surface area contributed by atoms with Crippen LogP contribution in [-0.4, -0.2) is 26.0 Å². The number of amides is 1. The fraction of sp³-hybridized carbons (Fsp3) is 0.115. The molecule has 9 nitrogen and oxygen atoms in total. The first kappa shape index (κ1) is 30.8. The number of halogens is 2. The summed E-state index contributed by atoms with van der Waals surface area (Å²) >= 11 is 12.3. The predicted octanol–water partition coefficient (Wildman–Crippen LogP) is 3.71. The average Bonchev–Trinajstić information content (AvgIpc) is 2.87. The molecule has 1 amide bonds. The van der Waals surface area contributed by atoms with E-state index in [2.05, 4.69) is 15.5 Å². The SMILES string of the molecule is CCc1cc(N=Nc2c([O-])c(C(=O)Nc3cccc(Cl)c3OC)cc3ccccc23)c(S(=O)(=O)O)cc1Cl.[Na+]. The van der Waals surface area contributed by atoms with Crippen LogP contribution in [0.4, 0.5) is 17.1 Å². The molecule has 0 aliphatic rings. The maximum atomic E-state index is 13.5. The third-order valence-electron chi connectivity index (χ3n) is 5.68. The molecular weight excluding hydrogens is 576 g/mol. The molecule has 4 aromatic carbocycles. The first-order chi connectivity index (χ1) is 18.0. The number of azo groups is 1. The molecule has 0 fully saturated rings. The van der Waals surface area contributed by atoms with Crippen LogP contribution in [0.1, 0.15) is 22.8 Å². The van der Waals surface area contributed by atoms with E-state index in [1.165, 1.54) is 19.2 Å². The van der Waals surface area contributed by atoms with Crippen molar-refractivity contribution in [3.8, 4) is 11.5 Å². The fourth-order valence-electron chi connectivity index (χ4n) is 3.83. The van der Waals surface area contributed by atoms with Crippen LogP contribution < -0.4 is 44.7 Å². The van der Waals surface area contributed by atoms with Crippen LogP contribution in [0.3, 0.4) is 0 Å². The second-order valence-electron chi connectivity index (χ2n) is 8.04. The number of benzene rings is 4. The first-order valence-electron chi connectivity index (χ1n) is 11.1. The van der Waals surface area contributed by atoms with E-state index < -0.39 is 26.7 Å². The van der Waals surface area contributed by atoms with Gasteiger partial charge in [-0.05, 0) is 47.7 Å². The third-order valence-corrected chi connectivity index (χ3v) is 7.22. The summed E-state index contributed by atoms with van der Waals surface area (Å²) in [6, 6.07) is 15.3. The van der Waals surface area contributed by atoms with Gasteiger partial charge in [0.15, 0.2) is 5.75 Å². The second kappa shape index (κ2) is 12.6. The molecule has 0 saturated carbocycles. The Labute approximate surface area is 256 Å². The summed E-state index contributed by atoms with van der Waals surface area (Å²) in [4.78, 5) is 12.6. The number of carbonyl (C=O) groups is 1. The molecule has 2 N–H and O–H groups in total. The molecule has 0 aromatic heterocycles. The molecule has 0 aliphatic heterocycles. The van der Waals surface area contributed by atoms with Crippen molar-refractivity contribution in [2.24, 2.45) is 10.2 Å². The Morgan fingerprint density at radius 1 is 1.05 bits per heavy atom. The zero-order chi connectivity index (χ0) is 27.6. The summed E-state index contributed by atoms with van der Waals surface area (Å²) in [6.07, 6.45) is 0.450. The predicted molar refractivity (Wildman–Crippen MR) is 144 cm³/mol. The van der Waals surface area contributed by atoms with Crippen LogP contribution in [-0.2, 0) is 16.5 Å². The summed E-state index contributed by atoms with van der Waals surface area (Å²) in [6.45, 7) is 1.80. The van der Waals surface area contributed by atoms with Gasteiger partial charge in [0.05, 0.1) is 23.5 Å². The Morgan fingerprint density at radius 2 is 1.77 bits per heavy atom. The van der Waals surface area contributed by atoms with Crippen molar-refractivity contribution in [1.29, 1.82) is 0 Å². The zero-order valence-corrected chi connectivity index (χ0v) is 25.4. The minimum Gasteiger partial charge on any atom is -0.870 e. The Balaban J connectivity index is 0.00000420. The van der Waals surface area contributed by atoms with Gasteiger partial charge in [0, 0.05) is 16.0 Å². The van der Waals surface area contributed by atoms with Gasteiger partial charge in [-0.25, -0.2) is 0 Å². The number of aryl methyl sites for hydroxylation is 1. The fourth-order valence-corrected chi connectivity index (χ4v) is 5.07. The number of hydrogen-bond acceptors (Lipinski definition) is 7. The van der Waals surface area contributed by atoms with Crippen molar-refractivity contribution in [2.45, 2.75) is 18.2 Å². The van der Waals surface area contributed by atoms with Crippen LogP contribution in [0.5, 0.6) is 11.5 Å². The zero-order valence-electron chi connectivity index (χ0n) is 21.0. The number of hydrogen-bond donors (Lipinski definition) is 2. The van der Waals surface area contributed by atoms with Gasteiger partial charge in [-0.15, -0.1) is 5.11 Å². The Bertz CT molecular complexity index is 1710. The van der Waals surface area contributed by atoms with Crippen molar-refractivity contribution in [2.75, 3.05) is 12.4 Å². The van der Waals surface area contributed by atoms with Crippen LogP contribution in [0.2, 0.25) is 10.0 Å². The largest absolute Gasteiger partial charge is 1.00 e. The van der Waals surface area contributed by atoms with Gasteiger partial charge >= 0.3 is 29.6 Å². The van der Waals surface area contributed by atoms with Crippen molar-refractivity contribution in [3.05, 3.63) is 81.8 Å². The Morgan fingerprint density at radius 3 is 2.44 bits per heavy atom. The Kier molecular flexibility index (Phi) is 10.0. The van der Waals surface area contributed by atoms with E-state index in [0.29, 0.717) is 22.8 Å². The van der Waals surface area contributed by atoms with Crippen molar-refractivity contribution in [1.82, 2.24) is 0 Å². The topological polar surface area (TPSA) is 140 Å². The second-order valence-corrected chi connectivity index (χ2v) is 10.2. The third kappa shape index (κ3) is 6.55. The molecule has 13 heteroatoms. The molecule has 4 aromatic rings. The van der Waals surface area contributed by atoms with Gasteiger partial charge in [-0.2, -0.15) is 13.5 Å². The van der Waals surface area contributed by atoms with E-state index in [4.69, 9.17) is 27.9 Å². The smallest absolute Gasteiger partial charge is 0.870 e. The molecule has 0 radical (unpaired) electrons. The molecule has 39 heavy (non-hydrogen) atoms. The molecule has 0 bridgehead atoms. The van der Waals surface area contributed by atoms with E-state index in [0.717, 1.165) is 6.07 Å². The Hall–Kier alpha value is -2.70. The van der Waals surface area contributed by atoms with Gasteiger partial charge in [-0.1, -0.05) is 66.2 Å². The molecule has 0 saturated heterocycles. The molecule has 4 rings (SSSR count). The van der Waals surface area contributed by atoms with Gasteiger partial charge < -0.3 is 15.2 Å². The average molecular weight is 596 g/mol. The van der Waals surface area contributed by atoms with E-state index >= 15 is 0 Å². The van der Waals surface area contributed by atoms with Crippen LogP contribution in [0.15, 0.2) is 75.8 Å². The molecule has 0 heterocycles. The summed E-state index contributed by atoms with van der Waals surface area (Å²) in [5.41, 5.74) is 0.173. The summed E-state index contributed by atoms with van der Waals surface area (Å²) in [5.74, 6) is -1.26. The van der Waals surface area contributed by atoms with Crippen molar-refractivity contribution >= 4 is 67.1 Å². The number of para-hydroxylation sites is 1. The summed E-state index contributed by atoms with van der Waals surface area (Å²) in [7, 11) is -3.31. The number of rotatable bonds is 7. The van der Waals surface area contributed by atoms with Crippen LogP contribution >= 0.6 is 23.2 Å². The number of methoxy groups -OCH3 is 1. The normalized spacial score (nSPS) is 11.4. The maximum Gasteiger partial charge on any atom is 1.00 e. The van der Waals surface area contributed by atoms with E-state index in [9.17, 15) is 22.9 Å². The van der Waals surface area contributed by atoms with Gasteiger partial charge in [0.1, 0.15) is 10.6 Å². The van der Waals surface area contributed by atoms with E-state index in [1.807, 2.05) is 0 Å². The number of ether oxygens (including phenoxy) is 1. The van der Waals surface area contributed by atoms with Gasteiger partial charge in [-0.3, -0.25) is 9.35 Å². The molecule has 0 unspecified atom stereocenters. The van der Waals surface area contributed by atoms with Crippen LogP contribution in [0, 0.1) is 0 Å². The van der Waals surface area contributed by atoms with E-state index in [-0.39, 0.29) is 68.0 Å². The first-order valence-corrected chi connectivity index (χ1v) is 13.3. The molecule has 0 spiro atoms. The monoisotopic (exact) mass is 595 g/mol. The van der Waals surface area contributed by atoms with E-state index in [1.54, 1.807) is 49.4 Å². The summed E-state index contributed by atoms with van der Waals surface area (Å²) in [5, 5.41) is 25.4. The van der Waals surface area contributed by atoms with Gasteiger partial charge in [0.25, 0.3) is 16.0 Å². The number of carbonyl (C=O) groups excluding carboxylic acids is 1. The van der Waals surface area contributed by atoms with Crippen molar-refractivity contribution in [3.63, 3.8) is 0 Å². The minimum atomic E-state index is -4.71. The quantitative estimate of drug-likeness (QED) is 0.189. The van der Waals surface area contributed by atoms with Crippen molar-refractivity contribution < 1.29 is 57.2 Å². The number of anilines is 1. The number of nitrogens with zero attached hydrogens (tertiary/aromatic N) is 2. The number of nitrogens with one attached hydrogen (secondary N) is 1. The summed E-state index contributed by atoms with van der Waals surface area (Å²) < 4.78 is 38.8.